The fourth-order valence-corrected chi connectivity index (χ4v) is 19.2. The molecule has 0 atom stereocenters. The van der Waals surface area contributed by atoms with E-state index in [1.807, 2.05) is 0 Å². The summed E-state index contributed by atoms with van der Waals surface area (Å²) in [5.74, 6) is 0.631. The van der Waals surface area contributed by atoms with E-state index in [1.54, 1.807) is 0 Å². The minimum Gasteiger partial charge on any atom is -0.309 e. The summed E-state index contributed by atoms with van der Waals surface area (Å²) in [4.78, 5) is 11.4. The number of hydrogen-bond donors (Lipinski definition) is 0. The molecule has 0 radical (unpaired) electrons. The predicted molar refractivity (Wildman–Crippen MR) is 450 cm³/mol. The average Bonchev–Trinajstić information content (AvgIpc) is 1.57. The molecule has 108 heavy (non-hydrogen) atoms. The minimum absolute atomic E-state index is 0.0738. The van der Waals surface area contributed by atoms with Crippen LogP contribution in [-0.2, 0) is 16.2 Å². The molecule has 0 fully saturated rings. The molecule has 19 aromatic rings. The van der Waals surface area contributed by atoms with E-state index in [0.717, 1.165) is 78.2 Å². The van der Waals surface area contributed by atoms with Gasteiger partial charge in [0.25, 0.3) is 0 Å². The molecule has 4 heterocycles. The van der Waals surface area contributed by atoms with Gasteiger partial charge in [-0.1, -0.05) is 278 Å². The van der Waals surface area contributed by atoms with E-state index in [4.69, 9.17) is 9.97 Å². The summed E-state index contributed by atoms with van der Waals surface area (Å²) in [5.41, 5.74) is 37.5. The van der Waals surface area contributed by atoms with Crippen LogP contribution in [0.4, 0.5) is 0 Å². The zero-order valence-electron chi connectivity index (χ0n) is 61.0. The molecule has 15 aromatic carbocycles. The Morgan fingerprint density at radius 1 is 0.194 bits per heavy atom. The molecule has 0 N–H and O–H groups in total. The molecule has 0 spiro atoms. The topological polar surface area (TPSA) is 40.6 Å². The molecule has 0 saturated heterocycles. The summed E-state index contributed by atoms with van der Waals surface area (Å²) in [6.45, 7) is 14.1. The zero-order valence-corrected chi connectivity index (χ0v) is 61.0. The van der Waals surface area contributed by atoms with E-state index in [1.165, 1.54) is 132 Å². The lowest BCUT2D eigenvalue weighted by Crippen LogP contribution is -2.14. The van der Waals surface area contributed by atoms with Gasteiger partial charge in [0.15, 0.2) is 5.82 Å². The average molecular weight is 1380 g/mol. The van der Waals surface area contributed by atoms with Crippen molar-refractivity contribution < 1.29 is 0 Å². The first-order valence-electron chi connectivity index (χ1n) is 37.8. The number of aromatic nitrogens is 5. The van der Waals surface area contributed by atoms with Crippen LogP contribution in [0.2, 0.25) is 0 Å². The first-order chi connectivity index (χ1) is 52.8. The van der Waals surface area contributed by atoms with Crippen LogP contribution in [0.1, 0.15) is 74.9 Å². The van der Waals surface area contributed by atoms with Crippen LogP contribution < -0.4 is 0 Å². The summed E-state index contributed by atoms with van der Waals surface area (Å²) in [6.07, 6.45) is 0. The highest BCUT2D eigenvalue weighted by molar-refractivity contribution is 6.13. The van der Waals surface area contributed by atoms with E-state index in [2.05, 4.69) is 389 Å². The maximum Gasteiger partial charge on any atom is 0.160 e. The van der Waals surface area contributed by atoms with Gasteiger partial charge in [0.05, 0.1) is 44.5 Å². The van der Waals surface area contributed by atoms with Crippen LogP contribution in [-0.4, -0.2) is 23.7 Å². The Morgan fingerprint density at radius 3 is 0.833 bits per heavy atom. The molecule has 0 amide bonds. The lowest BCUT2D eigenvalue weighted by atomic mass is 9.82. The normalized spacial score (nSPS) is 14.1. The highest BCUT2D eigenvalue weighted by Crippen LogP contribution is 2.54. The number of para-hydroxylation sites is 3. The lowest BCUT2D eigenvalue weighted by Gasteiger charge is -2.21. The summed E-state index contributed by atoms with van der Waals surface area (Å²) >= 11 is 0. The zero-order chi connectivity index (χ0) is 72.1. The third kappa shape index (κ3) is 9.12. The molecule has 5 heteroatoms. The van der Waals surface area contributed by atoms with Crippen molar-refractivity contribution in [2.24, 2.45) is 0 Å². The van der Waals surface area contributed by atoms with Crippen LogP contribution in [0.5, 0.6) is 0 Å². The van der Waals surface area contributed by atoms with E-state index >= 15 is 0 Å². The molecule has 0 unspecified atom stereocenters. The van der Waals surface area contributed by atoms with Gasteiger partial charge < -0.3 is 13.7 Å². The quantitative estimate of drug-likeness (QED) is 0.144. The van der Waals surface area contributed by atoms with Gasteiger partial charge in [-0.25, -0.2) is 9.97 Å². The van der Waals surface area contributed by atoms with Crippen molar-refractivity contribution in [3.63, 3.8) is 0 Å². The first-order valence-corrected chi connectivity index (χ1v) is 37.8. The SMILES string of the molecule is CC1(C)c2ccccc2-c2cc(-c3ccc4c5ccccc5n(-c5cccc(-c6cc(-c7cccc(-n8c9ccccc9c9ccc(-c%10ccc%11c(c%10)-c%10ccccc%10C%11(C)C)cc98)c7)nc(-c7cccc(-n8c9ccccc9c9ccc(-c%10ccc%11c(c%10)-c%10ccccc%10C%11(C)C)cc98)c7)n6)c5)c4c3)ccc21. The van der Waals surface area contributed by atoms with Crippen molar-refractivity contribution in [2.75, 3.05) is 0 Å². The highest BCUT2D eigenvalue weighted by Gasteiger charge is 2.38. The monoisotopic (exact) mass is 1380 g/mol. The summed E-state index contributed by atoms with van der Waals surface area (Å²) in [5, 5.41) is 7.21. The first kappa shape index (κ1) is 62.2. The molecular formula is C103H73N5. The van der Waals surface area contributed by atoms with Gasteiger partial charge in [-0.05, 0) is 197 Å². The van der Waals surface area contributed by atoms with Crippen molar-refractivity contribution in [3.05, 3.63) is 367 Å². The summed E-state index contributed by atoms with van der Waals surface area (Å²) in [6, 6.07) is 125. The Bertz CT molecular complexity index is 6420. The maximum atomic E-state index is 5.71. The van der Waals surface area contributed by atoms with E-state index < -0.39 is 0 Å². The molecule has 3 aliphatic rings. The van der Waals surface area contributed by atoms with Gasteiger partial charge in [-0.15, -0.1) is 0 Å². The standard InChI is InChI=1S/C103H73N5/c1-101(2)86-34-13-7-28-74(86)83-55-62(43-49-89(83)101)65-40-46-80-77-31-10-16-37-94(77)106(97(80)58-65)71-25-19-22-68(52-71)92-61-93(69-23-20-26-72(53-69)107-95-38-17-11-32-78(95)81-47-41-66(59-98(81)107)63-44-50-90-84(56-63)75-29-8-14-35-87(75)102(90,3)4)105-100(104-92)70-24-21-27-73(54-70)108-96-39-18-12-33-79(96)82-48-42-67(60-99(82)108)64-45-51-91-85(57-64)76-30-9-15-36-88(76)103(91,5)6/h7-61H,1-6H3. The van der Waals surface area contributed by atoms with Gasteiger partial charge in [0.1, 0.15) is 0 Å². The van der Waals surface area contributed by atoms with E-state index in [-0.39, 0.29) is 16.2 Å². The highest BCUT2D eigenvalue weighted by atomic mass is 15.0. The van der Waals surface area contributed by atoms with Crippen molar-refractivity contribution in [3.8, 4) is 118 Å². The van der Waals surface area contributed by atoms with Crippen molar-refractivity contribution in [1.82, 2.24) is 23.7 Å². The minimum atomic E-state index is -0.0750. The maximum absolute atomic E-state index is 5.71. The predicted octanol–water partition coefficient (Wildman–Crippen LogP) is 26.7. The van der Waals surface area contributed by atoms with Crippen LogP contribution in [0, 0.1) is 0 Å². The number of hydrogen-bond acceptors (Lipinski definition) is 2. The van der Waals surface area contributed by atoms with Crippen LogP contribution >= 0.6 is 0 Å². The Kier molecular flexibility index (Phi) is 13.2. The van der Waals surface area contributed by atoms with Crippen LogP contribution in [0.25, 0.3) is 183 Å². The van der Waals surface area contributed by atoms with Gasteiger partial charge in [0.2, 0.25) is 0 Å². The largest absolute Gasteiger partial charge is 0.309 e. The van der Waals surface area contributed by atoms with E-state index in [0.29, 0.717) is 5.82 Å². The van der Waals surface area contributed by atoms with E-state index in [9.17, 15) is 0 Å². The molecule has 5 nitrogen and oxygen atoms in total. The second-order valence-corrected chi connectivity index (χ2v) is 31.7. The number of fused-ring (bicyclic) bond motifs is 18. The molecule has 0 bridgehead atoms. The van der Waals surface area contributed by atoms with Crippen molar-refractivity contribution >= 4 is 65.4 Å². The molecule has 22 rings (SSSR count). The van der Waals surface area contributed by atoms with Gasteiger partial charge in [0, 0.05) is 82.3 Å². The van der Waals surface area contributed by atoms with Crippen LogP contribution in [0.3, 0.4) is 0 Å². The Hall–Kier alpha value is -13.2. The summed E-state index contributed by atoms with van der Waals surface area (Å²) < 4.78 is 7.33. The van der Waals surface area contributed by atoms with Crippen molar-refractivity contribution in [2.45, 2.75) is 57.8 Å². The Balaban J connectivity index is 0.704. The second kappa shape index (κ2) is 22.9. The molecule has 0 aliphatic heterocycles. The van der Waals surface area contributed by atoms with Gasteiger partial charge in [-0.2, -0.15) is 0 Å². The van der Waals surface area contributed by atoms with Gasteiger partial charge >= 0.3 is 0 Å². The Morgan fingerprint density at radius 2 is 0.472 bits per heavy atom. The fraction of sp³-hybridized carbons (Fsp3) is 0.0874. The smallest absolute Gasteiger partial charge is 0.160 e. The number of rotatable bonds is 9. The molecule has 4 aromatic heterocycles. The third-order valence-corrected chi connectivity index (χ3v) is 24.7. The molecule has 510 valence electrons. The van der Waals surface area contributed by atoms with Gasteiger partial charge in [-0.3, -0.25) is 0 Å². The molecular weight excluding hydrogens is 1310 g/mol. The summed E-state index contributed by atoms with van der Waals surface area (Å²) in [7, 11) is 0. The number of nitrogens with zero attached hydrogens (tertiary/aromatic N) is 5. The molecule has 0 saturated carbocycles. The Labute approximate surface area is 627 Å². The third-order valence-electron chi connectivity index (χ3n) is 24.7. The fourth-order valence-electron chi connectivity index (χ4n) is 19.2. The van der Waals surface area contributed by atoms with Crippen LogP contribution in [0.15, 0.2) is 334 Å². The molecule has 3 aliphatic carbocycles. The second-order valence-electron chi connectivity index (χ2n) is 31.7. The number of benzene rings is 15. The lowest BCUT2D eigenvalue weighted by molar-refractivity contribution is 0.660. The van der Waals surface area contributed by atoms with Crippen molar-refractivity contribution in [1.29, 1.82) is 0 Å².